The number of carbonyl (C=O) groups is 1. The van der Waals surface area contributed by atoms with Crippen molar-refractivity contribution >= 4 is 27.1 Å². The first kappa shape index (κ1) is 24.1. The average Bonchev–Trinajstić information content (AvgIpc) is 3.17. The maximum absolute atomic E-state index is 13.5. The van der Waals surface area contributed by atoms with Gasteiger partial charge in [0.15, 0.2) is 17.1 Å². The molecular formula is C21H24N2O9S. The fourth-order valence-electron chi connectivity index (χ4n) is 3.24. The van der Waals surface area contributed by atoms with E-state index in [2.05, 4.69) is 4.98 Å². The van der Waals surface area contributed by atoms with Crippen LogP contribution in [-0.2, 0) is 26.1 Å². The number of sulfonamides is 1. The summed E-state index contributed by atoms with van der Waals surface area (Å²) in [7, 11) is 0.123. The number of oxazole rings is 1. The van der Waals surface area contributed by atoms with Crippen molar-refractivity contribution in [2.75, 3.05) is 34.5 Å². The monoisotopic (exact) mass is 480 g/mol. The lowest BCUT2D eigenvalue weighted by atomic mass is 10.1. The van der Waals surface area contributed by atoms with E-state index in [0.29, 0.717) is 28.3 Å². The van der Waals surface area contributed by atoms with Gasteiger partial charge in [0.2, 0.25) is 15.8 Å². The first-order chi connectivity index (χ1) is 15.7. The van der Waals surface area contributed by atoms with Gasteiger partial charge >= 0.3 is 11.7 Å². The van der Waals surface area contributed by atoms with Crippen LogP contribution in [0.25, 0.3) is 11.1 Å². The summed E-state index contributed by atoms with van der Waals surface area (Å²) in [4.78, 5) is 25.9. The molecule has 11 nitrogen and oxygen atoms in total. The summed E-state index contributed by atoms with van der Waals surface area (Å²) in [6.45, 7) is 0.976. The number of carbonyl (C=O) groups excluding carboxylic acids is 1. The maximum Gasteiger partial charge on any atom is 0.417 e. The molecule has 0 unspecified atom stereocenters. The summed E-state index contributed by atoms with van der Waals surface area (Å²) >= 11 is 0. The van der Waals surface area contributed by atoms with Gasteiger partial charge in [0.05, 0.1) is 38.3 Å². The number of H-pyrrole nitrogens is 1. The van der Waals surface area contributed by atoms with Gasteiger partial charge in [-0.05, 0) is 36.8 Å². The molecule has 0 atom stereocenters. The third-order valence-electron chi connectivity index (χ3n) is 4.72. The van der Waals surface area contributed by atoms with E-state index in [-0.39, 0.29) is 23.6 Å². The van der Waals surface area contributed by atoms with E-state index in [4.69, 9.17) is 23.4 Å². The zero-order valence-corrected chi connectivity index (χ0v) is 19.4. The minimum atomic E-state index is -4.21. The molecule has 0 fully saturated rings. The third kappa shape index (κ3) is 5.12. The van der Waals surface area contributed by atoms with Gasteiger partial charge in [-0.2, -0.15) is 4.31 Å². The van der Waals surface area contributed by atoms with Crippen molar-refractivity contribution in [1.29, 1.82) is 0 Å². The molecule has 178 valence electrons. The van der Waals surface area contributed by atoms with Gasteiger partial charge in [-0.3, -0.25) is 9.78 Å². The molecule has 0 radical (unpaired) electrons. The molecule has 12 heteroatoms. The number of methoxy groups -OCH3 is 3. The molecule has 0 saturated carbocycles. The van der Waals surface area contributed by atoms with Gasteiger partial charge in [-0.1, -0.05) is 0 Å². The molecule has 0 saturated heterocycles. The summed E-state index contributed by atoms with van der Waals surface area (Å²) < 4.78 is 53.8. The van der Waals surface area contributed by atoms with Crippen molar-refractivity contribution in [3.63, 3.8) is 0 Å². The minimum Gasteiger partial charge on any atom is -0.493 e. The van der Waals surface area contributed by atoms with Gasteiger partial charge in [-0.15, -0.1) is 0 Å². The van der Waals surface area contributed by atoms with Crippen molar-refractivity contribution in [3.8, 4) is 17.2 Å². The lowest BCUT2D eigenvalue weighted by Crippen LogP contribution is -2.36. The van der Waals surface area contributed by atoms with E-state index in [1.54, 1.807) is 19.1 Å². The van der Waals surface area contributed by atoms with Crippen LogP contribution in [0.3, 0.4) is 0 Å². The van der Waals surface area contributed by atoms with Gasteiger partial charge in [0, 0.05) is 12.6 Å². The van der Waals surface area contributed by atoms with Crippen LogP contribution in [0.15, 0.2) is 44.4 Å². The number of nitrogens with zero attached hydrogens (tertiary/aromatic N) is 1. The number of benzene rings is 2. The topological polar surface area (TPSA) is 137 Å². The Bertz CT molecular complexity index is 1290. The van der Waals surface area contributed by atoms with Crippen molar-refractivity contribution in [2.45, 2.75) is 18.4 Å². The Morgan fingerprint density at radius 3 is 2.30 bits per heavy atom. The fraction of sp³-hybridized carbons (Fsp3) is 0.333. The Balaban J connectivity index is 2.05. The van der Waals surface area contributed by atoms with E-state index in [1.165, 1.54) is 39.5 Å². The van der Waals surface area contributed by atoms with E-state index < -0.39 is 28.3 Å². The van der Waals surface area contributed by atoms with Crippen molar-refractivity contribution in [1.82, 2.24) is 9.29 Å². The average molecular weight is 480 g/mol. The second-order valence-corrected chi connectivity index (χ2v) is 8.72. The lowest BCUT2D eigenvalue weighted by Gasteiger charge is -2.22. The molecule has 0 amide bonds. The summed E-state index contributed by atoms with van der Waals surface area (Å²) in [6.07, 6.45) is 0. The number of aromatic nitrogens is 1. The zero-order valence-electron chi connectivity index (χ0n) is 18.5. The lowest BCUT2D eigenvalue weighted by molar-refractivity contribution is -0.143. The number of ether oxygens (including phenoxy) is 4. The number of hydrogen-bond acceptors (Lipinski definition) is 9. The first-order valence-electron chi connectivity index (χ1n) is 9.81. The normalized spacial score (nSPS) is 11.5. The van der Waals surface area contributed by atoms with Crippen molar-refractivity contribution < 1.29 is 36.6 Å². The Morgan fingerprint density at radius 2 is 1.73 bits per heavy atom. The molecule has 3 rings (SSSR count). The summed E-state index contributed by atoms with van der Waals surface area (Å²) in [6, 6.07) is 7.12. The third-order valence-corrected chi connectivity index (χ3v) is 6.51. The van der Waals surface area contributed by atoms with Gasteiger partial charge < -0.3 is 23.4 Å². The van der Waals surface area contributed by atoms with E-state index in [9.17, 15) is 18.0 Å². The van der Waals surface area contributed by atoms with Crippen LogP contribution in [0.4, 0.5) is 0 Å². The predicted octanol–water partition coefficient (Wildman–Crippen LogP) is 1.90. The number of esters is 1. The second kappa shape index (κ2) is 9.96. The molecule has 2 aromatic carbocycles. The number of rotatable bonds is 10. The van der Waals surface area contributed by atoms with Crippen LogP contribution < -0.4 is 20.0 Å². The highest BCUT2D eigenvalue weighted by molar-refractivity contribution is 7.89. The summed E-state index contributed by atoms with van der Waals surface area (Å²) in [5.74, 6) is -0.425. The van der Waals surface area contributed by atoms with Crippen LogP contribution >= 0.6 is 0 Å². The molecule has 0 spiro atoms. The van der Waals surface area contributed by atoms with Crippen molar-refractivity contribution in [3.05, 3.63) is 46.4 Å². The smallest absolute Gasteiger partial charge is 0.417 e. The van der Waals surface area contributed by atoms with Crippen LogP contribution in [0.5, 0.6) is 17.2 Å². The molecule has 3 aromatic rings. The standard InChI is InChI=1S/C21H24N2O9S/c1-5-31-19(24)12-23(11-13-8-17(28-2)20(30-4)18(9-13)29-3)33(26,27)14-6-7-15-16(10-14)32-21(25)22-15/h6-10H,5,11-12H2,1-4H3,(H,22,25). The van der Waals surface area contributed by atoms with Gasteiger partial charge in [0.25, 0.3) is 0 Å². The highest BCUT2D eigenvalue weighted by atomic mass is 32.2. The zero-order chi connectivity index (χ0) is 24.2. The first-order valence-corrected chi connectivity index (χ1v) is 11.2. The number of aromatic amines is 1. The van der Waals surface area contributed by atoms with Crippen LogP contribution in [-0.4, -0.2) is 58.2 Å². The van der Waals surface area contributed by atoms with Crippen LogP contribution in [0.2, 0.25) is 0 Å². The molecule has 1 aromatic heterocycles. The Hall–Kier alpha value is -3.51. The van der Waals surface area contributed by atoms with E-state index in [0.717, 1.165) is 4.31 Å². The molecule has 0 bridgehead atoms. The van der Waals surface area contributed by atoms with Crippen LogP contribution in [0.1, 0.15) is 12.5 Å². The van der Waals surface area contributed by atoms with Crippen LogP contribution in [0, 0.1) is 0 Å². The minimum absolute atomic E-state index is 0.0740. The number of nitrogens with one attached hydrogen (secondary N) is 1. The number of fused-ring (bicyclic) bond motifs is 1. The fourth-order valence-corrected chi connectivity index (χ4v) is 4.63. The molecule has 0 aliphatic rings. The van der Waals surface area contributed by atoms with Gasteiger partial charge in [0.1, 0.15) is 6.54 Å². The Labute approximate surface area is 189 Å². The highest BCUT2D eigenvalue weighted by Gasteiger charge is 2.29. The summed E-state index contributed by atoms with van der Waals surface area (Å²) in [5, 5.41) is 0. The molecule has 33 heavy (non-hydrogen) atoms. The Morgan fingerprint density at radius 1 is 1.06 bits per heavy atom. The van der Waals surface area contributed by atoms with E-state index in [1.807, 2.05) is 0 Å². The van der Waals surface area contributed by atoms with Crippen molar-refractivity contribution in [2.24, 2.45) is 0 Å². The SMILES string of the molecule is CCOC(=O)CN(Cc1cc(OC)c(OC)c(OC)c1)S(=O)(=O)c1ccc2[nH]c(=O)oc2c1. The molecule has 0 aliphatic heterocycles. The van der Waals surface area contributed by atoms with E-state index >= 15 is 0 Å². The predicted molar refractivity (Wildman–Crippen MR) is 117 cm³/mol. The quantitative estimate of drug-likeness (QED) is 0.431. The largest absolute Gasteiger partial charge is 0.493 e. The van der Waals surface area contributed by atoms with Gasteiger partial charge in [-0.25, -0.2) is 13.2 Å². The molecule has 0 aliphatic carbocycles. The second-order valence-electron chi connectivity index (χ2n) is 6.78. The molecule has 1 heterocycles. The Kier molecular flexibility index (Phi) is 7.29. The molecular weight excluding hydrogens is 456 g/mol. The maximum atomic E-state index is 13.5. The molecule has 1 N–H and O–H groups in total. The summed E-state index contributed by atoms with van der Waals surface area (Å²) in [5.41, 5.74) is 0.900. The number of hydrogen-bond donors (Lipinski definition) is 1. The highest BCUT2D eigenvalue weighted by Crippen LogP contribution is 2.38.